The predicted octanol–water partition coefficient (Wildman–Crippen LogP) is 3.80. The van der Waals surface area contributed by atoms with Crippen LogP contribution in [-0.2, 0) is 13.0 Å². The summed E-state index contributed by atoms with van der Waals surface area (Å²) in [5.41, 5.74) is 2.90. The highest BCUT2D eigenvalue weighted by atomic mass is 16.1. The maximum absolute atomic E-state index is 12.4. The van der Waals surface area contributed by atoms with Gasteiger partial charge in [-0.1, -0.05) is 63.4 Å². The molecule has 1 amide bonds. The normalized spacial score (nSPS) is 10.7. The Morgan fingerprint density at radius 3 is 2.61 bits per heavy atom. The summed E-state index contributed by atoms with van der Waals surface area (Å²) < 4.78 is 1.93. The fourth-order valence-corrected chi connectivity index (χ4v) is 2.71. The van der Waals surface area contributed by atoms with Crippen molar-refractivity contribution in [2.45, 2.75) is 52.5 Å². The number of amides is 1. The van der Waals surface area contributed by atoms with Gasteiger partial charge in [-0.2, -0.15) is 5.10 Å². The lowest BCUT2D eigenvalue weighted by Gasteiger charge is -2.09. The minimum Gasteiger partial charge on any atom is -0.352 e. The number of hydrogen-bond donors (Lipinski definition) is 1. The van der Waals surface area contributed by atoms with Crippen molar-refractivity contribution in [2.24, 2.45) is 0 Å². The van der Waals surface area contributed by atoms with Crippen molar-refractivity contribution >= 4 is 5.91 Å². The number of carbonyl (C=O) groups is 1. The Balaban J connectivity index is 1.98. The van der Waals surface area contributed by atoms with Crippen molar-refractivity contribution in [1.29, 1.82) is 0 Å². The molecular formula is C19H27N3O. The highest BCUT2D eigenvalue weighted by molar-refractivity contribution is 5.95. The van der Waals surface area contributed by atoms with E-state index in [-0.39, 0.29) is 5.91 Å². The van der Waals surface area contributed by atoms with Gasteiger partial charge in [0, 0.05) is 6.54 Å². The first kappa shape index (κ1) is 17.3. The van der Waals surface area contributed by atoms with Crippen molar-refractivity contribution < 1.29 is 4.79 Å². The topological polar surface area (TPSA) is 46.9 Å². The van der Waals surface area contributed by atoms with Gasteiger partial charge in [-0.15, -0.1) is 0 Å². The molecule has 0 radical (unpaired) electrons. The van der Waals surface area contributed by atoms with E-state index in [4.69, 9.17) is 0 Å². The summed E-state index contributed by atoms with van der Waals surface area (Å²) >= 11 is 0. The van der Waals surface area contributed by atoms with Crippen LogP contribution >= 0.6 is 0 Å². The van der Waals surface area contributed by atoms with Gasteiger partial charge in [-0.05, 0) is 18.4 Å². The van der Waals surface area contributed by atoms with Gasteiger partial charge in [-0.3, -0.25) is 9.48 Å². The first-order chi connectivity index (χ1) is 11.3. The van der Waals surface area contributed by atoms with Crippen LogP contribution in [0.25, 0.3) is 0 Å². The Labute approximate surface area is 138 Å². The van der Waals surface area contributed by atoms with Gasteiger partial charge in [0.15, 0.2) is 0 Å². The molecule has 23 heavy (non-hydrogen) atoms. The molecule has 0 aliphatic carbocycles. The molecule has 0 bridgehead atoms. The summed E-state index contributed by atoms with van der Waals surface area (Å²) in [6.07, 6.45) is 7.14. The monoisotopic (exact) mass is 313 g/mol. The molecule has 0 saturated carbocycles. The SMILES string of the molecule is CCCCCCNC(=O)c1cnn(Cc2ccccc2)c1CC. The zero-order valence-corrected chi connectivity index (χ0v) is 14.2. The first-order valence-corrected chi connectivity index (χ1v) is 8.63. The summed E-state index contributed by atoms with van der Waals surface area (Å²) in [6, 6.07) is 10.2. The average molecular weight is 313 g/mol. The molecule has 2 rings (SSSR count). The standard InChI is InChI=1S/C19H27N3O/c1-3-5-6-10-13-20-19(23)17-14-21-22(18(17)4-2)15-16-11-8-7-9-12-16/h7-9,11-12,14H,3-6,10,13,15H2,1-2H3,(H,20,23). The molecule has 0 atom stereocenters. The summed E-state index contributed by atoms with van der Waals surface area (Å²) in [5.74, 6) is -0.00217. The minimum absolute atomic E-state index is 0.00217. The summed E-state index contributed by atoms with van der Waals surface area (Å²) in [5, 5.41) is 7.43. The maximum atomic E-state index is 12.4. The van der Waals surface area contributed by atoms with E-state index in [1.807, 2.05) is 22.9 Å². The highest BCUT2D eigenvalue weighted by Crippen LogP contribution is 2.12. The number of benzene rings is 1. The smallest absolute Gasteiger partial charge is 0.254 e. The third kappa shape index (κ3) is 4.95. The van der Waals surface area contributed by atoms with E-state index in [1.54, 1.807) is 6.20 Å². The molecule has 0 saturated heterocycles. The van der Waals surface area contributed by atoms with Crippen LogP contribution in [0.1, 0.15) is 61.1 Å². The Hall–Kier alpha value is -2.10. The van der Waals surface area contributed by atoms with Gasteiger partial charge in [0.25, 0.3) is 5.91 Å². The molecular weight excluding hydrogens is 286 g/mol. The fourth-order valence-electron chi connectivity index (χ4n) is 2.71. The van der Waals surface area contributed by atoms with Crippen LogP contribution in [0.3, 0.4) is 0 Å². The summed E-state index contributed by atoms with van der Waals surface area (Å²) in [4.78, 5) is 12.4. The lowest BCUT2D eigenvalue weighted by Crippen LogP contribution is -2.25. The molecule has 2 aromatic rings. The predicted molar refractivity (Wildman–Crippen MR) is 93.6 cm³/mol. The second-order valence-corrected chi connectivity index (χ2v) is 5.82. The fraction of sp³-hybridized carbons (Fsp3) is 0.474. The van der Waals surface area contributed by atoms with E-state index < -0.39 is 0 Å². The van der Waals surface area contributed by atoms with Crippen molar-refractivity contribution in [3.63, 3.8) is 0 Å². The molecule has 1 heterocycles. The summed E-state index contributed by atoms with van der Waals surface area (Å²) in [7, 11) is 0. The minimum atomic E-state index is -0.00217. The van der Waals surface area contributed by atoms with E-state index in [9.17, 15) is 4.79 Å². The highest BCUT2D eigenvalue weighted by Gasteiger charge is 2.15. The van der Waals surface area contributed by atoms with Crippen LogP contribution in [0, 0.1) is 0 Å². The third-order valence-corrected chi connectivity index (χ3v) is 4.02. The number of nitrogens with one attached hydrogen (secondary N) is 1. The molecule has 1 aromatic carbocycles. The van der Waals surface area contributed by atoms with E-state index in [2.05, 4.69) is 36.4 Å². The number of aromatic nitrogens is 2. The lowest BCUT2D eigenvalue weighted by molar-refractivity contribution is 0.0952. The van der Waals surface area contributed by atoms with Crippen LogP contribution in [0.15, 0.2) is 36.5 Å². The van der Waals surface area contributed by atoms with Gasteiger partial charge < -0.3 is 5.32 Å². The van der Waals surface area contributed by atoms with E-state index in [0.717, 1.165) is 25.1 Å². The number of unbranched alkanes of at least 4 members (excludes halogenated alkanes) is 3. The molecule has 0 fully saturated rings. The van der Waals surface area contributed by atoms with Crippen molar-refractivity contribution in [1.82, 2.24) is 15.1 Å². The van der Waals surface area contributed by atoms with Crippen LogP contribution in [0.5, 0.6) is 0 Å². The van der Waals surface area contributed by atoms with Gasteiger partial charge in [0.05, 0.1) is 24.0 Å². The van der Waals surface area contributed by atoms with Crippen LogP contribution < -0.4 is 5.32 Å². The quantitative estimate of drug-likeness (QED) is 0.716. The lowest BCUT2D eigenvalue weighted by atomic mass is 10.1. The molecule has 0 aliphatic rings. The Morgan fingerprint density at radius 1 is 1.13 bits per heavy atom. The molecule has 1 aromatic heterocycles. The number of rotatable bonds is 9. The van der Waals surface area contributed by atoms with E-state index in [0.29, 0.717) is 12.1 Å². The van der Waals surface area contributed by atoms with Crippen molar-refractivity contribution in [3.8, 4) is 0 Å². The number of carbonyl (C=O) groups excluding carboxylic acids is 1. The van der Waals surface area contributed by atoms with Gasteiger partial charge >= 0.3 is 0 Å². The molecule has 0 spiro atoms. The van der Waals surface area contributed by atoms with Gasteiger partial charge in [0.2, 0.25) is 0 Å². The van der Waals surface area contributed by atoms with Crippen LogP contribution in [0.2, 0.25) is 0 Å². The molecule has 4 nitrogen and oxygen atoms in total. The number of hydrogen-bond acceptors (Lipinski definition) is 2. The number of nitrogens with zero attached hydrogens (tertiary/aromatic N) is 2. The molecule has 4 heteroatoms. The molecule has 1 N–H and O–H groups in total. The summed E-state index contributed by atoms with van der Waals surface area (Å²) in [6.45, 7) is 5.70. The van der Waals surface area contributed by atoms with Crippen LogP contribution in [0.4, 0.5) is 0 Å². The van der Waals surface area contributed by atoms with E-state index in [1.165, 1.54) is 24.8 Å². The van der Waals surface area contributed by atoms with Gasteiger partial charge in [-0.25, -0.2) is 0 Å². The third-order valence-electron chi connectivity index (χ3n) is 4.02. The molecule has 0 aliphatic heterocycles. The first-order valence-electron chi connectivity index (χ1n) is 8.63. The Bertz CT molecular complexity index is 604. The maximum Gasteiger partial charge on any atom is 0.254 e. The van der Waals surface area contributed by atoms with Crippen molar-refractivity contribution in [2.75, 3.05) is 6.54 Å². The zero-order chi connectivity index (χ0) is 16.5. The van der Waals surface area contributed by atoms with E-state index >= 15 is 0 Å². The molecule has 0 unspecified atom stereocenters. The average Bonchev–Trinajstić information content (AvgIpc) is 2.98. The zero-order valence-electron chi connectivity index (χ0n) is 14.2. The Morgan fingerprint density at radius 2 is 1.91 bits per heavy atom. The molecule has 124 valence electrons. The van der Waals surface area contributed by atoms with Crippen LogP contribution in [-0.4, -0.2) is 22.2 Å². The second-order valence-electron chi connectivity index (χ2n) is 5.82. The Kier molecular flexibility index (Phi) is 6.85. The second kappa shape index (κ2) is 9.13. The van der Waals surface area contributed by atoms with Gasteiger partial charge in [0.1, 0.15) is 0 Å². The van der Waals surface area contributed by atoms with Crippen molar-refractivity contribution in [3.05, 3.63) is 53.3 Å². The largest absolute Gasteiger partial charge is 0.352 e.